The van der Waals surface area contributed by atoms with Gasteiger partial charge in [-0.25, -0.2) is 0 Å². The molecule has 2 rings (SSSR count). The number of rotatable bonds is 12. The molecule has 1 aliphatic rings. The molecular weight excluding hydrogens is 456 g/mol. The number of hydrogen-bond donors (Lipinski definition) is 1. The van der Waals surface area contributed by atoms with E-state index in [0.29, 0.717) is 31.0 Å². The van der Waals surface area contributed by atoms with Crippen LogP contribution in [0.15, 0.2) is 34.7 Å². The second-order valence-electron chi connectivity index (χ2n) is 8.52. The summed E-state index contributed by atoms with van der Waals surface area (Å²) in [5, 5.41) is 12.5. The molecule has 1 heterocycles. The zero-order chi connectivity index (χ0) is 25.6. The number of nitriles is 1. The van der Waals surface area contributed by atoms with E-state index in [-0.39, 0.29) is 17.3 Å². The van der Waals surface area contributed by atoms with Gasteiger partial charge < -0.3 is 15.1 Å². The van der Waals surface area contributed by atoms with Crippen LogP contribution in [0.2, 0.25) is 0 Å². The molecule has 1 aromatic rings. The van der Waals surface area contributed by atoms with E-state index in [1.54, 1.807) is 11.8 Å². The first-order chi connectivity index (χ1) is 16.9. The average Bonchev–Trinajstić information content (AvgIpc) is 3.39. The van der Waals surface area contributed by atoms with E-state index in [1.165, 1.54) is 43.3 Å². The fourth-order valence-electron chi connectivity index (χ4n) is 3.96. The summed E-state index contributed by atoms with van der Waals surface area (Å²) in [6.07, 6.45) is 4.23. The van der Waals surface area contributed by atoms with Gasteiger partial charge in [0.1, 0.15) is 11.6 Å². The third kappa shape index (κ3) is 9.09. The molecule has 0 bridgehead atoms. The Morgan fingerprint density at radius 1 is 1.14 bits per heavy atom. The van der Waals surface area contributed by atoms with Gasteiger partial charge in [-0.2, -0.15) is 5.26 Å². The molecule has 1 atom stereocenters. The summed E-state index contributed by atoms with van der Waals surface area (Å²) in [6, 6.07) is 10.4. The number of ketones is 1. The van der Waals surface area contributed by atoms with E-state index in [0.717, 1.165) is 18.7 Å². The van der Waals surface area contributed by atoms with Crippen molar-refractivity contribution < 1.29 is 9.59 Å². The van der Waals surface area contributed by atoms with Gasteiger partial charge in [-0.3, -0.25) is 9.59 Å². The topological polar surface area (TPSA) is 76.4 Å². The van der Waals surface area contributed by atoms with Gasteiger partial charge in [0.25, 0.3) is 5.91 Å². The Bertz CT molecular complexity index is 975. The number of amides is 1. The van der Waals surface area contributed by atoms with E-state index < -0.39 is 5.25 Å². The zero-order valence-electron chi connectivity index (χ0n) is 21.5. The van der Waals surface area contributed by atoms with Crippen LogP contribution in [0.4, 0.5) is 5.69 Å². The number of nitrogens with one attached hydrogen (secondary N) is 1. The van der Waals surface area contributed by atoms with Crippen LogP contribution >= 0.6 is 11.8 Å². The summed E-state index contributed by atoms with van der Waals surface area (Å²) in [7, 11) is 0. The largest absolute Gasteiger partial charge is 0.383 e. The minimum absolute atomic E-state index is 0.0855. The van der Waals surface area contributed by atoms with Gasteiger partial charge in [0.05, 0.1) is 5.25 Å². The molecule has 188 valence electrons. The predicted octanol–water partition coefficient (Wildman–Crippen LogP) is 4.49. The van der Waals surface area contributed by atoms with Gasteiger partial charge >= 0.3 is 0 Å². The van der Waals surface area contributed by atoms with Crippen molar-refractivity contribution in [3.63, 3.8) is 0 Å². The number of likely N-dealkylation sites (tertiary alicyclic amines) is 1. The fraction of sp³-hybridized carbons (Fsp3) is 0.536. The first-order valence-electron chi connectivity index (χ1n) is 12.6. The number of likely N-dealkylation sites (N-methyl/N-ethyl adjacent to an activating group) is 1. The lowest BCUT2D eigenvalue weighted by Gasteiger charge is -2.20. The molecule has 0 saturated carbocycles. The molecule has 1 amide bonds. The van der Waals surface area contributed by atoms with Crippen molar-refractivity contribution in [2.45, 2.75) is 58.6 Å². The Hall–Kier alpha value is -2.74. The van der Waals surface area contributed by atoms with Crippen molar-refractivity contribution >= 4 is 29.1 Å². The molecule has 1 saturated heterocycles. The van der Waals surface area contributed by atoms with Gasteiger partial charge in [-0.1, -0.05) is 25.0 Å². The molecule has 1 aromatic carbocycles. The Labute approximate surface area is 215 Å². The summed E-state index contributed by atoms with van der Waals surface area (Å²) in [4.78, 5) is 30.2. The highest BCUT2D eigenvalue weighted by Gasteiger charge is 2.23. The molecular formula is C28H38N4O2S. The average molecular weight is 495 g/mol. The highest BCUT2D eigenvalue weighted by Crippen LogP contribution is 2.27. The van der Waals surface area contributed by atoms with Crippen LogP contribution in [0.3, 0.4) is 0 Å². The second-order valence-corrected chi connectivity index (χ2v) is 9.94. The van der Waals surface area contributed by atoms with Crippen molar-refractivity contribution in [1.29, 1.82) is 5.26 Å². The Balaban J connectivity index is 2.08. The van der Waals surface area contributed by atoms with Crippen LogP contribution in [-0.4, -0.2) is 66.0 Å². The number of benzene rings is 1. The molecule has 1 fully saturated rings. The van der Waals surface area contributed by atoms with Crippen LogP contribution in [0, 0.1) is 23.2 Å². The maximum Gasteiger partial charge on any atom is 0.265 e. The highest BCUT2D eigenvalue weighted by molar-refractivity contribution is 8.04. The SMILES string of the molecule is CCC#CC(=O)C(CNc1ccc(CCN2CCCC2)cc1)S/C(C)=C(/C#N)C(=O)N(CC)CC. The zero-order valence-corrected chi connectivity index (χ0v) is 22.3. The molecule has 0 aromatic heterocycles. The van der Waals surface area contributed by atoms with E-state index in [2.05, 4.69) is 34.2 Å². The van der Waals surface area contributed by atoms with Crippen LogP contribution in [0.25, 0.3) is 0 Å². The number of Topliss-reactive ketones (excluding diaryl/α,β-unsaturated/α-hetero) is 1. The van der Waals surface area contributed by atoms with Gasteiger partial charge in [0.15, 0.2) is 0 Å². The summed E-state index contributed by atoms with van der Waals surface area (Å²) in [5.41, 5.74) is 2.31. The van der Waals surface area contributed by atoms with Crippen molar-refractivity contribution in [2.24, 2.45) is 0 Å². The van der Waals surface area contributed by atoms with Crippen molar-refractivity contribution in [2.75, 3.05) is 44.6 Å². The lowest BCUT2D eigenvalue weighted by molar-refractivity contribution is -0.126. The smallest absolute Gasteiger partial charge is 0.265 e. The van der Waals surface area contributed by atoms with Gasteiger partial charge in [-0.05, 0) is 76.7 Å². The van der Waals surface area contributed by atoms with E-state index >= 15 is 0 Å². The number of hydrogen-bond acceptors (Lipinski definition) is 6. The molecule has 35 heavy (non-hydrogen) atoms. The summed E-state index contributed by atoms with van der Waals surface area (Å²) in [5.74, 6) is 5.04. The van der Waals surface area contributed by atoms with Crippen molar-refractivity contribution in [1.82, 2.24) is 9.80 Å². The molecule has 0 radical (unpaired) electrons. The van der Waals surface area contributed by atoms with Gasteiger partial charge in [0, 0.05) is 43.2 Å². The lowest BCUT2D eigenvalue weighted by atomic mass is 10.1. The Kier molecular flexibility index (Phi) is 12.5. The Morgan fingerprint density at radius 3 is 2.37 bits per heavy atom. The van der Waals surface area contributed by atoms with Gasteiger partial charge in [0.2, 0.25) is 5.78 Å². The number of nitrogens with zero attached hydrogens (tertiary/aromatic N) is 3. The normalized spacial score (nSPS) is 14.8. The van der Waals surface area contributed by atoms with Crippen LogP contribution in [0.1, 0.15) is 52.5 Å². The monoisotopic (exact) mass is 494 g/mol. The quantitative estimate of drug-likeness (QED) is 0.200. The third-order valence-corrected chi connectivity index (χ3v) is 7.31. The van der Waals surface area contributed by atoms with Crippen molar-refractivity contribution in [3.8, 4) is 17.9 Å². The maximum atomic E-state index is 12.8. The highest BCUT2D eigenvalue weighted by atomic mass is 32.2. The van der Waals surface area contributed by atoms with Crippen LogP contribution < -0.4 is 5.32 Å². The van der Waals surface area contributed by atoms with Gasteiger partial charge in [-0.15, -0.1) is 11.8 Å². The van der Waals surface area contributed by atoms with E-state index in [9.17, 15) is 14.9 Å². The first kappa shape index (κ1) is 28.5. The maximum absolute atomic E-state index is 12.8. The molecule has 0 aliphatic carbocycles. The predicted molar refractivity (Wildman–Crippen MR) is 145 cm³/mol. The number of anilines is 1. The van der Waals surface area contributed by atoms with E-state index in [4.69, 9.17) is 0 Å². The fourth-order valence-corrected chi connectivity index (χ4v) is 4.97. The first-order valence-corrected chi connectivity index (χ1v) is 13.5. The standard InChI is InChI=1S/C28H38N4O2S/c1-5-8-11-26(33)27(35-22(4)25(20-29)28(34)32(6-2)7-3)21-30-24-14-12-23(13-15-24)16-19-31-17-9-10-18-31/h12-15,27,30H,5-7,9-10,16-19,21H2,1-4H3/b25-22-. The minimum Gasteiger partial charge on any atom is -0.383 e. The summed E-state index contributed by atoms with van der Waals surface area (Å²) in [6.45, 7) is 12.3. The summed E-state index contributed by atoms with van der Waals surface area (Å²) < 4.78 is 0. The number of thioether (sulfide) groups is 1. The molecule has 0 spiro atoms. The number of allylic oxidation sites excluding steroid dienone is 1. The van der Waals surface area contributed by atoms with Crippen LogP contribution in [0.5, 0.6) is 0 Å². The number of carbonyl (C=O) groups excluding carboxylic acids is 2. The second kappa shape index (κ2) is 15.3. The van der Waals surface area contributed by atoms with E-state index in [1.807, 2.05) is 39.0 Å². The Morgan fingerprint density at radius 2 is 1.80 bits per heavy atom. The number of carbonyl (C=O) groups is 2. The molecule has 1 unspecified atom stereocenters. The third-order valence-electron chi connectivity index (χ3n) is 6.09. The van der Waals surface area contributed by atoms with Crippen molar-refractivity contribution in [3.05, 3.63) is 40.3 Å². The lowest BCUT2D eigenvalue weighted by Crippen LogP contribution is -2.32. The molecule has 7 heteroatoms. The molecule has 6 nitrogen and oxygen atoms in total. The molecule has 1 N–H and O–H groups in total. The molecule has 1 aliphatic heterocycles. The van der Waals surface area contributed by atoms with Crippen LogP contribution in [-0.2, 0) is 16.0 Å². The summed E-state index contributed by atoms with van der Waals surface area (Å²) >= 11 is 1.24. The minimum atomic E-state index is -0.531.